The van der Waals surface area contributed by atoms with Crippen LogP contribution in [-0.4, -0.2) is 9.97 Å². The Hall–Kier alpha value is -0.618. The van der Waals surface area contributed by atoms with Gasteiger partial charge in [-0.05, 0) is 0 Å². The molecule has 2 heterocycles. The molecule has 0 aliphatic heterocycles. The van der Waals surface area contributed by atoms with Gasteiger partial charge < -0.3 is 48.0 Å². The van der Waals surface area contributed by atoms with Gasteiger partial charge in [0.05, 0.1) is 0 Å². The molecule has 117 valence electrons. The third kappa shape index (κ3) is 3.73. The molecule has 0 bridgehead atoms. The number of pyridine rings is 2. The number of hydrogen-bond donors (Lipinski definition) is 0. The average molecular weight is 616 g/mol. The molecule has 0 aliphatic rings. The molecule has 0 fully saturated rings. The van der Waals surface area contributed by atoms with Crippen molar-refractivity contribution in [3.8, 4) is 11.4 Å². The molecule has 4 rings (SSSR count). The first kappa shape index (κ1) is 18.7. The molecule has 2 aromatic carbocycles. The molecule has 0 atom stereocenters. The van der Waals surface area contributed by atoms with Gasteiger partial charge >= 0.3 is 133 Å². The summed E-state index contributed by atoms with van der Waals surface area (Å²) in [5.74, 6) is 0. The average Bonchev–Trinajstić information content (AvgIpc) is 2.54. The van der Waals surface area contributed by atoms with Crippen LogP contribution in [0.2, 0.25) is 0 Å². The SMILES string of the molecule is [I-].[I-].[Pd+2][c]1cc2ccccc2nc1-c1ccc2ccccc2n1. The van der Waals surface area contributed by atoms with Crippen molar-refractivity contribution in [2.45, 2.75) is 0 Å². The third-order valence-electron chi connectivity index (χ3n) is 3.49. The van der Waals surface area contributed by atoms with Gasteiger partial charge in [0.25, 0.3) is 0 Å². The van der Waals surface area contributed by atoms with E-state index in [0.29, 0.717) is 0 Å². The van der Waals surface area contributed by atoms with E-state index in [1.165, 1.54) is 0 Å². The third-order valence-corrected chi connectivity index (χ3v) is 4.09. The molecular formula is C18H11I2N2Pd. The van der Waals surface area contributed by atoms with Crippen LogP contribution in [0.25, 0.3) is 33.2 Å². The molecule has 5 heteroatoms. The number of hydrogen-bond acceptors (Lipinski definition) is 2. The zero-order chi connectivity index (χ0) is 14.2. The number of nitrogens with zero attached hydrogens (tertiary/aromatic N) is 2. The van der Waals surface area contributed by atoms with Crippen LogP contribution < -0.4 is 52.0 Å². The summed E-state index contributed by atoms with van der Waals surface area (Å²) in [5.41, 5.74) is 3.75. The summed E-state index contributed by atoms with van der Waals surface area (Å²) in [6.07, 6.45) is 0. The molecule has 2 aromatic heterocycles. The van der Waals surface area contributed by atoms with Crippen molar-refractivity contribution < 1.29 is 67.2 Å². The van der Waals surface area contributed by atoms with E-state index in [1.54, 1.807) is 0 Å². The van der Waals surface area contributed by atoms with Gasteiger partial charge in [-0.15, -0.1) is 0 Å². The van der Waals surface area contributed by atoms with E-state index in [4.69, 9.17) is 9.97 Å². The second-order valence-electron chi connectivity index (χ2n) is 4.87. The predicted molar refractivity (Wildman–Crippen MR) is 82.1 cm³/mol. The first-order valence-electron chi connectivity index (χ1n) is 6.70. The van der Waals surface area contributed by atoms with Crippen LogP contribution >= 0.6 is 0 Å². The second-order valence-corrected chi connectivity index (χ2v) is 5.70. The van der Waals surface area contributed by atoms with Crippen LogP contribution in [0.5, 0.6) is 0 Å². The molecule has 0 spiro atoms. The Bertz CT molecular complexity index is 973. The van der Waals surface area contributed by atoms with Crippen LogP contribution in [0.3, 0.4) is 0 Å². The van der Waals surface area contributed by atoms with Gasteiger partial charge in [-0.1, -0.05) is 0 Å². The van der Waals surface area contributed by atoms with E-state index < -0.39 is 0 Å². The Morgan fingerprint density at radius 3 is 2.00 bits per heavy atom. The van der Waals surface area contributed by atoms with Crippen molar-refractivity contribution in [3.63, 3.8) is 0 Å². The van der Waals surface area contributed by atoms with Gasteiger partial charge in [0.2, 0.25) is 0 Å². The van der Waals surface area contributed by atoms with E-state index in [2.05, 4.69) is 43.5 Å². The predicted octanol–water partition coefficient (Wildman–Crippen LogP) is -2.37. The zero-order valence-electron chi connectivity index (χ0n) is 11.8. The second kappa shape index (κ2) is 7.97. The normalized spacial score (nSPS) is 10.1. The van der Waals surface area contributed by atoms with Crippen LogP contribution in [-0.2, 0) is 19.2 Å². The molecule has 4 aromatic rings. The molecule has 2 nitrogen and oxygen atoms in total. The zero-order valence-corrected chi connectivity index (χ0v) is 17.7. The van der Waals surface area contributed by atoms with Crippen LogP contribution in [0.1, 0.15) is 0 Å². The van der Waals surface area contributed by atoms with Gasteiger partial charge in [0.15, 0.2) is 0 Å². The Morgan fingerprint density at radius 1 is 0.652 bits per heavy atom. The number of halogens is 2. The molecule has 0 radical (unpaired) electrons. The molecule has 0 amide bonds. The fourth-order valence-corrected chi connectivity index (χ4v) is 2.97. The number of para-hydroxylation sites is 2. The molecule has 23 heavy (non-hydrogen) atoms. The van der Waals surface area contributed by atoms with Crippen molar-refractivity contribution in [1.82, 2.24) is 9.97 Å². The van der Waals surface area contributed by atoms with Gasteiger partial charge in [-0.2, -0.15) is 0 Å². The van der Waals surface area contributed by atoms with E-state index in [9.17, 15) is 0 Å². The maximum atomic E-state index is 4.75. The fraction of sp³-hybridized carbons (Fsp3) is 0. The Morgan fingerprint density at radius 2 is 1.26 bits per heavy atom. The summed E-state index contributed by atoms with van der Waals surface area (Å²) in [4.78, 5) is 9.48. The van der Waals surface area contributed by atoms with Crippen LogP contribution in [0, 0.1) is 0 Å². The minimum absolute atomic E-state index is 0. The molecule has 0 saturated carbocycles. The summed E-state index contributed by atoms with van der Waals surface area (Å²) in [6, 6.07) is 22.5. The van der Waals surface area contributed by atoms with Crippen molar-refractivity contribution >= 4 is 25.8 Å². The summed E-state index contributed by atoms with van der Waals surface area (Å²) in [7, 11) is 0. The topological polar surface area (TPSA) is 25.8 Å². The first-order chi connectivity index (χ1) is 10.3. The number of fused-ring (bicyclic) bond motifs is 2. The number of benzene rings is 2. The van der Waals surface area contributed by atoms with Crippen LogP contribution in [0.4, 0.5) is 0 Å². The minimum atomic E-state index is 0. The Labute approximate surface area is 179 Å². The standard InChI is InChI=1S/C18H11N2.2HI.Pd/c1-3-7-15-13(5-1)9-11-17(19-15)18-12-10-14-6-2-4-8-16(14)20-18;;;/h1-11H;2*1H;/q;;;+2/p-2. The monoisotopic (exact) mass is 615 g/mol. The quantitative estimate of drug-likeness (QED) is 0.177. The summed E-state index contributed by atoms with van der Waals surface area (Å²) < 4.78 is 1.000. The molecule has 0 unspecified atom stereocenters. The van der Waals surface area contributed by atoms with Gasteiger partial charge in [-0.25, -0.2) is 0 Å². The van der Waals surface area contributed by atoms with Gasteiger partial charge in [0.1, 0.15) is 0 Å². The van der Waals surface area contributed by atoms with Gasteiger partial charge in [-0.3, -0.25) is 0 Å². The van der Waals surface area contributed by atoms with Crippen LogP contribution in [0.15, 0.2) is 66.7 Å². The molecule has 0 saturated heterocycles. The maximum absolute atomic E-state index is 4.75. The fourth-order valence-electron chi connectivity index (χ4n) is 2.45. The molecular weight excluding hydrogens is 604 g/mol. The van der Waals surface area contributed by atoms with E-state index in [1.807, 2.05) is 42.5 Å². The van der Waals surface area contributed by atoms with Crippen molar-refractivity contribution in [2.24, 2.45) is 0 Å². The van der Waals surface area contributed by atoms with E-state index in [-0.39, 0.29) is 48.0 Å². The van der Waals surface area contributed by atoms with E-state index >= 15 is 0 Å². The van der Waals surface area contributed by atoms with E-state index in [0.717, 1.165) is 37.2 Å². The Balaban J connectivity index is 0.000000960. The van der Waals surface area contributed by atoms with Crippen molar-refractivity contribution in [3.05, 3.63) is 66.7 Å². The molecule has 0 aliphatic carbocycles. The first-order valence-corrected chi connectivity index (χ1v) is 7.47. The number of aromatic nitrogens is 2. The summed E-state index contributed by atoms with van der Waals surface area (Å²) >= 11 is 3.31. The summed E-state index contributed by atoms with van der Waals surface area (Å²) in [5, 5.41) is 2.27. The Kier molecular flexibility index (Phi) is 6.49. The van der Waals surface area contributed by atoms with Crippen molar-refractivity contribution in [1.29, 1.82) is 0 Å². The van der Waals surface area contributed by atoms with Gasteiger partial charge in [0, 0.05) is 0 Å². The van der Waals surface area contributed by atoms with Crippen molar-refractivity contribution in [2.75, 3.05) is 0 Å². The number of rotatable bonds is 1. The molecule has 0 N–H and O–H groups in total. The summed E-state index contributed by atoms with van der Waals surface area (Å²) in [6.45, 7) is 0.